The second-order valence-corrected chi connectivity index (χ2v) is 9.24. The largest absolute Gasteiger partial charge is 0.370 e. The maximum absolute atomic E-state index is 12.7. The number of nitrogens with one attached hydrogen (secondary N) is 2. The molecule has 1 aliphatic heterocycles. The second-order valence-electron chi connectivity index (χ2n) is 6.75. The van der Waals surface area contributed by atoms with Gasteiger partial charge in [0.2, 0.25) is 0 Å². The summed E-state index contributed by atoms with van der Waals surface area (Å²) in [5.74, 6) is 0.569. The fourth-order valence-corrected chi connectivity index (χ4v) is 5.21. The molecule has 0 saturated carbocycles. The molecular formula is C20H22N4O2S2. The number of sulfonamides is 1. The van der Waals surface area contributed by atoms with E-state index in [2.05, 4.69) is 26.1 Å². The Morgan fingerprint density at radius 3 is 2.71 bits per heavy atom. The predicted molar refractivity (Wildman–Crippen MR) is 113 cm³/mol. The second kappa shape index (κ2) is 8.28. The lowest BCUT2D eigenvalue weighted by atomic mass is 9.99. The summed E-state index contributed by atoms with van der Waals surface area (Å²) in [6, 6.07) is 13.2. The lowest BCUT2D eigenvalue weighted by Gasteiger charge is -2.08. The lowest BCUT2D eigenvalue weighted by Crippen LogP contribution is -2.15. The molecule has 146 valence electrons. The van der Waals surface area contributed by atoms with Crippen molar-refractivity contribution in [3.63, 3.8) is 0 Å². The summed E-state index contributed by atoms with van der Waals surface area (Å²) in [7, 11) is -3.79. The van der Waals surface area contributed by atoms with E-state index in [1.165, 1.54) is 23.0 Å². The Morgan fingerprint density at radius 2 is 1.79 bits per heavy atom. The highest BCUT2D eigenvalue weighted by molar-refractivity contribution is 7.92. The minimum absolute atomic E-state index is 0.0148. The Balaban J connectivity index is 1.69. The number of rotatable bonds is 0. The molecule has 3 heterocycles. The molecule has 3 aromatic rings. The minimum atomic E-state index is -3.79. The molecule has 1 aromatic carbocycles. The molecule has 0 fully saturated rings. The molecule has 0 atom stereocenters. The standard InChI is InChI=1S/C20H22N4O2S2/c25-28(26)19-12-7-11-18(23-19)21-13-6-2-1-3-8-15-9-4-5-10-16(15)17-14-27-20(22-17)24-28/h4-5,7,9-12,14H,1-3,6,8,13H2,(H,21,23)(H,22,24). The van der Waals surface area contributed by atoms with Crippen LogP contribution in [0, 0.1) is 0 Å². The fourth-order valence-electron chi connectivity index (χ4n) is 3.27. The molecule has 0 saturated heterocycles. The number of aryl methyl sites for hydroxylation is 1. The zero-order valence-electron chi connectivity index (χ0n) is 15.4. The molecule has 4 rings (SSSR count). The van der Waals surface area contributed by atoms with E-state index >= 15 is 0 Å². The summed E-state index contributed by atoms with van der Waals surface area (Å²) in [6.07, 6.45) is 5.41. The third kappa shape index (κ3) is 4.34. The van der Waals surface area contributed by atoms with E-state index < -0.39 is 10.0 Å². The molecule has 8 heteroatoms. The van der Waals surface area contributed by atoms with Gasteiger partial charge in [0.1, 0.15) is 5.82 Å². The van der Waals surface area contributed by atoms with Crippen molar-refractivity contribution in [2.45, 2.75) is 37.1 Å². The fraction of sp³-hybridized carbons (Fsp3) is 0.300. The molecule has 0 unspecified atom stereocenters. The van der Waals surface area contributed by atoms with Crippen molar-refractivity contribution in [1.82, 2.24) is 9.97 Å². The molecule has 28 heavy (non-hydrogen) atoms. The normalized spacial score (nSPS) is 16.9. The quantitative estimate of drug-likeness (QED) is 0.564. The summed E-state index contributed by atoms with van der Waals surface area (Å²) in [6.45, 7) is 0.774. The van der Waals surface area contributed by atoms with E-state index in [0.717, 1.165) is 49.9 Å². The van der Waals surface area contributed by atoms with Crippen molar-refractivity contribution in [2.75, 3.05) is 16.6 Å². The number of anilines is 2. The molecule has 0 aliphatic carbocycles. The molecule has 2 N–H and O–H groups in total. The lowest BCUT2D eigenvalue weighted by molar-refractivity contribution is 0.597. The average molecular weight is 415 g/mol. The SMILES string of the molecule is O=S1(=O)Nc2nc(cs2)-c2ccccc2CCCCCCNc2cccc1n2. The Labute approximate surface area is 169 Å². The zero-order chi connectivity index (χ0) is 19.4. The van der Waals surface area contributed by atoms with Gasteiger partial charge in [-0.3, -0.25) is 4.72 Å². The van der Waals surface area contributed by atoms with Gasteiger partial charge in [0.25, 0.3) is 10.0 Å². The highest BCUT2D eigenvalue weighted by Gasteiger charge is 2.19. The van der Waals surface area contributed by atoms with Crippen molar-refractivity contribution in [3.8, 4) is 11.3 Å². The van der Waals surface area contributed by atoms with Crippen LogP contribution in [0.25, 0.3) is 11.3 Å². The van der Waals surface area contributed by atoms with Gasteiger partial charge in [0, 0.05) is 17.5 Å². The smallest absolute Gasteiger partial charge is 0.281 e. The highest BCUT2D eigenvalue weighted by atomic mass is 32.2. The van der Waals surface area contributed by atoms with Crippen LogP contribution < -0.4 is 10.0 Å². The topological polar surface area (TPSA) is 84.0 Å². The summed E-state index contributed by atoms with van der Waals surface area (Å²) >= 11 is 1.28. The first-order valence-electron chi connectivity index (χ1n) is 9.39. The monoisotopic (exact) mass is 414 g/mol. The number of hydrogen-bond donors (Lipinski definition) is 2. The van der Waals surface area contributed by atoms with Crippen LogP contribution in [0.1, 0.15) is 31.2 Å². The molecule has 4 bridgehead atoms. The van der Waals surface area contributed by atoms with E-state index in [4.69, 9.17) is 0 Å². The van der Waals surface area contributed by atoms with Crippen molar-refractivity contribution in [1.29, 1.82) is 0 Å². The first-order chi connectivity index (χ1) is 13.6. The maximum Gasteiger partial charge on any atom is 0.281 e. The van der Waals surface area contributed by atoms with Crippen LogP contribution in [0.15, 0.2) is 52.9 Å². The molecule has 0 amide bonds. The Kier molecular flexibility index (Phi) is 5.59. The zero-order valence-corrected chi connectivity index (χ0v) is 17.0. The predicted octanol–water partition coefficient (Wildman–Crippen LogP) is 4.53. The van der Waals surface area contributed by atoms with E-state index in [-0.39, 0.29) is 5.03 Å². The van der Waals surface area contributed by atoms with Crippen LogP contribution in [0.2, 0.25) is 0 Å². The Morgan fingerprint density at radius 1 is 0.929 bits per heavy atom. The molecule has 1 aliphatic rings. The number of fused-ring (bicyclic) bond motifs is 6. The van der Waals surface area contributed by atoms with Gasteiger partial charge in [0.05, 0.1) is 5.69 Å². The molecule has 0 spiro atoms. The van der Waals surface area contributed by atoms with Crippen LogP contribution in [-0.4, -0.2) is 24.9 Å². The maximum atomic E-state index is 12.7. The van der Waals surface area contributed by atoms with Gasteiger partial charge in [-0.15, -0.1) is 11.3 Å². The highest BCUT2D eigenvalue weighted by Crippen LogP contribution is 2.30. The molecule has 2 aromatic heterocycles. The molecule has 0 radical (unpaired) electrons. The summed E-state index contributed by atoms with van der Waals surface area (Å²) in [5.41, 5.74) is 3.11. The van der Waals surface area contributed by atoms with Gasteiger partial charge in [-0.2, -0.15) is 8.42 Å². The van der Waals surface area contributed by atoms with E-state index in [1.54, 1.807) is 12.1 Å². The van der Waals surface area contributed by atoms with Crippen LogP contribution in [0.3, 0.4) is 0 Å². The van der Waals surface area contributed by atoms with E-state index in [1.807, 2.05) is 23.6 Å². The van der Waals surface area contributed by atoms with Crippen molar-refractivity contribution < 1.29 is 8.42 Å². The number of aromatic nitrogens is 2. The van der Waals surface area contributed by atoms with Crippen molar-refractivity contribution in [2.24, 2.45) is 0 Å². The average Bonchev–Trinajstić information content (AvgIpc) is 3.15. The first kappa shape index (κ1) is 18.9. The van der Waals surface area contributed by atoms with Crippen molar-refractivity contribution >= 4 is 32.3 Å². The van der Waals surface area contributed by atoms with Gasteiger partial charge >= 0.3 is 0 Å². The number of hydrogen-bond acceptors (Lipinski definition) is 6. The Bertz CT molecular complexity index is 1060. The van der Waals surface area contributed by atoms with Crippen LogP contribution in [-0.2, 0) is 16.4 Å². The Hall–Kier alpha value is -2.45. The van der Waals surface area contributed by atoms with Gasteiger partial charge < -0.3 is 5.32 Å². The van der Waals surface area contributed by atoms with E-state index in [9.17, 15) is 8.42 Å². The number of pyridine rings is 1. The van der Waals surface area contributed by atoms with Crippen LogP contribution >= 0.6 is 11.3 Å². The number of benzene rings is 1. The van der Waals surface area contributed by atoms with E-state index in [0.29, 0.717) is 10.9 Å². The molecule has 6 nitrogen and oxygen atoms in total. The number of nitrogens with zero attached hydrogens (tertiary/aromatic N) is 2. The first-order valence-corrected chi connectivity index (χ1v) is 11.8. The molecular weight excluding hydrogens is 392 g/mol. The van der Waals surface area contributed by atoms with Gasteiger partial charge in [0.15, 0.2) is 10.2 Å². The van der Waals surface area contributed by atoms with Gasteiger partial charge in [-0.25, -0.2) is 9.97 Å². The van der Waals surface area contributed by atoms with Gasteiger partial charge in [-0.05, 0) is 37.0 Å². The van der Waals surface area contributed by atoms with Crippen LogP contribution in [0.5, 0.6) is 0 Å². The summed E-state index contributed by atoms with van der Waals surface area (Å²) < 4.78 is 28.0. The summed E-state index contributed by atoms with van der Waals surface area (Å²) in [5, 5.41) is 5.44. The number of thiazole rings is 1. The van der Waals surface area contributed by atoms with Gasteiger partial charge in [-0.1, -0.05) is 43.2 Å². The van der Waals surface area contributed by atoms with Crippen molar-refractivity contribution in [3.05, 3.63) is 53.4 Å². The third-order valence-electron chi connectivity index (χ3n) is 4.70. The van der Waals surface area contributed by atoms with Crippen LogP contribution in [0.4, 0.5) is 10.9 Å². The third-order valence-corrected chi connectivity index (χ3v) is 6.82. The summed E-state index contributed by atoms with van der Waals surface area (Å²) in [4.78, 5) is 8.77. The minimum Gasteiger partial charge on any atom is -0.370 e.